The Morgan fingerprint density at radius 2 is 2.22 bits per heavy atom. The van der Waals surface area contributed by atoms with Gasteiger partial charge >= 0.3 is 0 Å². The fourth-order valence-corrected chi connectivity index (χ4v) is 0.729. The molecular weight excluding hydrogens is 110 g/mol. The van der Waals surface area contributed by atoms with E-state index in [2.05, 4.69) is 13.5 Å². The van der Waals surface area contributed by atoms with E-state index in [-0.39, 0.29) is 0 Å². The minimum atomic E-state index is 0.663. The number of allylic oxidation sites excluding steroid dienone is 1. The van der Waals surface area contributed by atoms with Crippen molar-refractivity contribution < 1.29 is 0 Å². The van der Waals surface area contributed by atoms with Crippen LogP contribution in [0, 0.1) is 5.92 Å². The fraction of sp³-hybridized carbons (Fsp3) is 0.750. The van der Waals surface area contributed by atoms with Crippen LogP contribution >= 0.6 is 0 Å². The van der Waals surface area contributed by atoms with Crippen molar-refractivity contribution in [3.8, 4) is 0 Å². The Balaban J connectivity index is 2.96. The fourth-order valence-electron chi connectivity index (χ4n) is 0.729. The van der Waals surface area contributed by atoms with Crippen molar-refractivity contribution in [2.45, 2.75) is 26.2 Å². The number of unbranched alkanes of at least 4 members (excludes halogenated alkanes) is 1. The first-order chi connectivity index (χ1) is 4.31. The second kappa shape index (κ2) is 5.83. The largest absolute Gasteiger partial charge is 0.330 e. The highest BCUT2D eigenvalue weighted by atomic mass is 14.5. The summed E-state index contributed by atoms with van der Waals surface area (Å²) in [5.74, 6) is 0.663. The van der Waals surface area contributed by atoms with Crippen LogP contribution in [0.25, 0.3) is 0 Å². The SMILES string of the molecule is C=CC(C)CCCCN. The van der Waals surface area contributed by atoms with Crippen molar-refractivity contribution in [1.82, 2.24) is 0 Å². The molecule has 0 radical (unpaired) electrons. The summed E-state index contributed by atoms with van der Waals surface area (Å²) in [6.07, 6.45) is 5.62. The van der Waals surface area contributed by atoms with Crippen molar-refractivity contribution in [3.63, 3.8) is 0 Å². The Bertz CT molecular complexity index is 69.0. The molecule has 0 spiro atoms. The molecule has 0 amide bonds. The zero-order chi connectivity index (χ0) is 7.11. The normalized spacial score (nSPS) is 13.1. The molecule has 9 heavy (non-hydrogen) atoms. The molecule has 1 heteroatoms. The summed E-state index contributed by atoms with van der Waals surface area (Å²) in [6.45, 7) is 6.72. The third-order valence-electron chi connectivity index (χ3n) is 1.52. The average Bonchev–Trinajstić information content (AvgIpc) is 1.89. The first-order valence-electron chi connectivity index (χ1n) is 3.64. The maximum absolute atomic E-state index is 5.33. The molecule has 0 saturated carbocycles. The summed E-state index contributed by atoms with van der Waals surface area (Å²) in [5.41, 5.74) is 5.33. The highest BCUT2D eigenvalue weighted by Gasteiger charge is 1.93. The van der Waals surface area contributed by atoms with E-state index in [1.807, 2.05) is 6.08 Å². The molecule has 0 aliphatic carbocycles. The topological polar surface area (TPSA) is 26.0 Å². The van der Waals surface area contributed by atoms with Crippen LogP contribution < -0.4 is 5.73 Å². The van der Waals surface area contributed by atoms with Gasteiger partial charge in [0.1, 0.15) is 0 Å². The van der Waals surface area contributed by atoms with E-state index in [4.69, 9.17) is 5.73 Å². The van der Waals surface area contributed by atoms with Gasteiger partial charge in [-0.15, -0.1) is 6.58 Å². The van der Waals surface area contributed by atoms with Crippen LogP contribution in [0.3, 0.4) is 0 Å². The van der Waals surface area contributed by atoms with Crippen molar-refractivity contribution in [3.05, 3.63) is 12.7 Å². The maximum atomic E-state index is 5.33. The lowest BCUT2D eigenvalue weighted by Crippen LogP contribution is -1.99. The molecule has 0 rings (SSSR count). The first kappa shape index (κ1) is 8.70. The summed E-state index contributed by atoms with van der Waals surface area (Å²) in [5, 5.41) is 0. The van der Waals surface area contributed by atoms with Crippen LogP contribution in [0.15, 0.2) is 12.7 Å². The van der Waals surface area contributed by atoms with Crippen LogP contribution in [0.4, 0.5) is 0 Å². The molecule has 54 valence electrons. The molecule has 2 N–H and O–H groups in total. The lowest BCUT2D eigenvalue weighted by Gasteiger charge is -2.02. The van der Waals surface area contributed by atoms with Gasteiger partial charge in [-0.25, -0.2) is 0 Å². The van der Waals surface area contributed by atoms with Gasteiger partial charge in [-0.3, -0.25) is 0 Å². The van der Waals surface area contributed by atoms with E-state index in [9.17, 15) is 0 Å². The number of hydrogen-bond donors (Lipinski definition) is 1. The molecule has 1 atom stereocenters. The van der Waals surface area contributed by atoms with Crippen molar-refractivity contribution in [2.75, 3.05) is 6.54 Å². The van der Waals surface area contributed by atoms with Crippen molar-refractivity contribution in [1.29, 1.82) is 0 Å². The molecule has 1 nitrogen and oxygen atoms in total. The predicted octanol–water partition coefficient (Wildman–Crippen LogP) is 1.94. The van der Waals surface area contributed by atoms with Gasteiger partial charge < -0.3 is 5.73 Å². The number of nitrogens with two attached hydrogens (primary N) is 1. The van der Waals surface area contributed by atoms with Crippen LogP contribution in [-0.2, 0) is 0 Å². The van der Waals surface area contributed by atoms with Crippen molar-refractivity contribution >= 4 is 0 Å². The summed E-state index contributed by atoms with van der Waals surface area (Å²) < 4.78 is 0. The zero-order valence-corrected chi connectivity index (χ0v) is 6.27. The third-order valence-corrected chi connectivity index (χ3v) is 1.52. The van der Waals surface area contributed by atoms with Gasteiger partial charge in [0.2, 0.25) is 0 Å². The quantitative estimate of drug-likeness (QED) is 0.443. The molecule has 0 heterocycles. The molecule has 0 aromatic carbocycles. The smallest absolute Gasteiger partial charge is 0.00773 e. The summed E-state index contributed by atoms with van der Waals surface area (Å²) in [6, 6.07) is 0. The first-order valence-corrected chi connectivity index (χ1v) is 3.64. The Labute approximate surface area is 57.9 Å². The van der Waals surface area contributed by atoms with Crippen LogP contribution in [0.1, 0.15) is 26.2 Å². The molecule has 1 unspecified atom stereocenters. The Morgan fingerprint density at radius 3 is 2.67 bits per heavy atom. The molecule has 0 aliphatic rings. The Hall–Kier alpha value is -0.300. The van der Waals surface area contributed by atoms with Gasteiger partial charge in [0.25, 0.3) is 0 Å². The molecule has 0 saturated heterocycles. The average molecular weight is 127 g/mol. The second-order valence-corrected chi connectivity index (χ2v) is 2.50. The number of rotatable bonds is 5. The van der Waals surface area contributed by atoms with Crippen LogP contribution in [0.2, 0.25) is 0 Å². The van der Waals surface area contributed by atoms with E-state index in [1.165, 1.54) is 12.8 Å². The number of hydrogen-bond acceptors (Lipinski definition) is 1. The molecule has 0 aliphatic heterocycles. The highest BCUT2D eigenvalue weighted by molar-refractivity contribution is 4.74. The van der Waals surface area contributed by atoms with Crippen LogP contribution in [0.5, 0.6) is 0 Å². The van der Waals surface area contributed by atoms with Crippen molar-refractivity contribution in [2.24, 2.45) is 11.7 Å². The molecule has 0 fully saturated rings. The van der Waals surface area contributed by atoms with E-state index in [0.717, 1.165) is 13.0 Å². The molecule has 0 aromatic rings. The third kappa shape index (κ3) is 5.57. The zero-order valence-electron chi connectivity index (χ0n) is 6.27. The van der Waals surface area contributed by atoms with Gasteiger partial charge in [0.15, 0.2) is 0 Å². The lowest BCUT2D eigenvalue weighted by molar-refractivity contribution is 0.586. The minimum absolute atomic E-state index is 0.663. The minimum Gasteiger partial charge on any atom is -0.330 e. The monoisotopic (exact) mass is 127 g/mol. The van der Waals surface area contributed by atoms with Gasteiger partial charge in [-0.1, -0.05) is 19.4 Å². The summed E-state index contributed by atoms with van der Waals surface area (Å²) >= 11 is 0. The summed E-state index contributed by atoms with van der Waals surface area (Å²) in [7, 11) is 0. The predicted molar refractivity (Wildman–Crippen MR) is 42.3 cm³/mol. The van der Waals surface area contributed by atoms with E-state index in [0.29, 0.717) is 5.92 Å². The molecular formula is C8H17N. The van der Waals surface area contributed by atoms with Gasteiger partial charge in [0.05, 0.1) is 0 Å². The van der Waals surface area contributed by atoms with Gasteiger partial charge in [-0.2, -0.15) is 0 Å². The maximum Gasteiger partial charge on any atom is -0.00773 e. The second-order valence-electron chi connectivity index (χ2n) is 2.50. The lowest BCUT2D eigenvalue weighted by atomic mass is 10.0. The standard InChI is InChI=1S/C8H17N/c1-3-8(2)6-4-5-7-9/h3,8H,1,4-7,9H2,2H3. The Kier molecular flexibility index (Phi) is 5.64. The molecule has 0 bridgehead atoms. The summed E-state index contributed by atoms with van der Waals surface area (Å²) in [4.78, 5) is 0. The van der Waals surface area contributed by atoms with Gasteiger partial charge in [-0.05, 0) is 25.3 Å². The highest BCUT2D eigenvalue weighted by Crippen LogP contribution is 2.06. The van der Waals surface area contributed by atoms with E-state index < -0.39 is 0 Å². The van der Waals surface area contributed by atoms with Gasteiger partial charge in [0, 0.05) is 0 Å². The van der Waals surface area contributed by atoms with E-state index in [1.54, 1.807) is 0 Å². The van der Waals surface area contributed by atoms with Crippen LogP contribution in [-0.4, -0.2) is 6.54 Å². The molecule has 0 aromatic heterocycles. The Morgan fingerprint density at radius 1 is 1.56 bits per heavy atom. The van der Waals surface area contributed by atoms with E-state index >= 15 is 0 Å².